The summed E-state index contributed by atoms with van der Waals surface area (Å²) in [6.07, 6.45) is 0. The first kappa shape index (κ1) is 9.57. The van der Waals surface area contributed by atoms with E-state index in [-0.39, 0.29) is 4.90 Å². The Labute approximate surface area is 85.0 Å². The molecule has 0 amide bonds. The SMILES string of the molecule is Cc1c(S(=O)(=O)O)ccc2n[c]sc12. The van der Waals surface area contributed by atoms with Crippen LogP contribution in [-0.4, -0.2) is 18.0 Å². The molecule has 0 unspecified atom stereocenters. The van der Waals surface area contributed by atoms with Crippen molar-refractivity contribution < 1.29 is 13.0 Å². The first-order valence-corrected chi connectivity index (χ1v) is 5.99. The summed E-state index contributed by atoms with van der Waals surface area (Å²) < 4.78 is 31.5. The van der Waals surface area contributed by atoms with Gasteiger partial charge in [0, 0.05) is 0 Å². The highest BCUT2D eigenvalue weighted by atomic mass is 32.2. The van der Waals surface area contributed by atoms with Crippen molar-refractivity contribution in [1.29, 1.82) is 0 Å². The van der Waals surface area contributed by atoms with Gasteiger partial charge in [0.25, 0.3) is 10.1 Å². The molecule has 0 saturated carbocycles. The molecule has 14 heavy (non-hydrogen) atoms. The molecule has 0 aliphatic rings. The van der Waals surface area contributed by atoms with Gasteiger partial charge in [-0.1, -0.05) is 0 Å². The zero-order valence-electron chi connectivity index (χ0n) is 7.18. The molecule has 0 saturated heterocycles. The fourth-order valence-corrected chi connectivity index (χ4v) is 2.78. The van der Waals surface area contributed by atoms with Crippen LogP contribution in [0.3, 0.4) is 0 Å². The van der Waals surface area contributed by atoms with Crippen LogP contribution in [0.25, 0.3) is 10.2 Å². The number of hydrogen-bond acceptors (Lipinski definition) is 4. The lowest BCUT2D eigenvalue weighted by Crippen LogP contribution is -2.00. The lowest BCUT2D eigenvalue weighted by atomic mass is 10.2. The molecule has 0 aliphatic heterocycles. The fourth-order valence-electron chi connectivity index (χ4n) is 1.27. The quantitative estimate of drug-likeness (QED) is 0.754. The third-order valence-corrected chi connectivity index (χ3v) is 3.83. The van der Waals surface area contributed by atoms with Gasteiger partial charge in [-0.2, -0.15) is 8.42 Å². The molecule has 1 aromatic carbocycles. The Morgan fingerprint density at radius 1 is 1.50 bits per heavy atom. The zero-order valence-corrected chi connectivity index (χ0v) is 8.82. The van der Waals surface area contributed by atoms with E-state index in [1.165, 1.54) is 17.4 Å². The Morgan fingerprint density at radius 3 is 2.86 bits per heavy atom. The Balaban J connectivity index is 2.88. The van der Waals surface area contributed by atoms with Crippen LogP contribution in [0.2, 0.25) is 0 Å². The van der Waals surface area contributed by atoms with E-state index in [0.717, 1.165) is 4.70 Å². The molecule has 73 valence electrons. The summed E-state index contributed by atoms with van der Waals surface area (Å²) in [6.45, 7) is 1.64. The van der Waals surface area contributed by atoms with Crippen LogP contribution in [0.4, 0.5) is 0 Å². The number of aryl methyl sites for hydroxylation is 1. The molecular weight excluding hydrogens is 222 g/mol. The smallest absolute Gasteiger partial charge is 0.282 e. The number of nitrogens with zero attached hydrogens (tertiary/aromatic N) is 1. The minimum Gasteiger partial charge on any atom is -0.282 e. The lowest BCUT2D eigenvalue weighted by Gasteiger charge is -2.01. The Morgan fingerprint density at radius 2 is 2.21 bits per heavy atom. The van der Waals surface area contributed by atoms with Crippen molar-refractivity contribution in [3.63, 3.8) is 0 Å². The third kappa shape index (κ3) is 1.41. The molecule has 2 aromatic rings. The normalized spacial score (nSPS) is 12.1. The lowest BCUT2D eigenvalue weighted by molar-refractivity contribution is 0.483. The zero-order chi connectivity index (χ0) is 10.3. The van der Waals surface area contributed by atoms with Gasteiger partial charge < -0.3 is 0 Å². The fraction of sp³-hybridized carbons (Fsp3) is 0.125. The van der Waals surface area contributed by atoms with Crippen molar-refractivity contribution in [3.05, 3.63) is 23.2 Å². The number of hydrogen-bond donors (Lipinski definition) is 1. The summed E-state index contributed by atoms with van der Waals surface area (Å²) in [4.78, 5) is 3.85. The predicted molar refractivity (Wildman–Crippen MR) is 53.0 cm³/mol. The van der Waals surface area contributed by atoms with E-state index in [1.807, 2.05) is 0 Å². The van der Waals surface area contributed by atoms with Gasteiger partial charge in [-0.05, 0) is 24.6 Å². The molecule has 0 bridgehead atoms. The van der Waals surface area contributed by atoms with Gasteiger partial charge in [0.05, 0.1) is 15.1 Å². The first-order valence-electron chi connectivity index (χ1n) is 3.74. The molecule has 1 radical (unpaired) electrons. The van der Waals surface area contributed by atoms with Gasteiger partial charge in [-0.3, -0.25) is 4.55 Å². The van der Waals surface area contributed by atoms with Crippen LogP contribution < -0.4 is 0 Å². The maximum absolute atomic E-state index is 10.9. The van der Waals surface area contributed by atoms with E-state index < -0.39 is 10.1 Å². The second-order valence-electron chi connectivity index (χ2n) is 2.82. The van der Waals surface area contributed by atoms with Crippen LogP contribution in [0.15, 0.2) is 17.0 Å². The number of benzene rings is 1. The van der Waals surface area contributed by atoms with Gasteiger partial charge in [0.15, 0.2) is 5.51 Å². The molecule has 0 spiro atoms. The second kappa shape index (κ2) is 3.01. The predicted octanol–water partition coefficient (Wildman–Crippen LogP) is 1.65. The topological polar surface area (TPSA) is 67.3 Å². The van der Waals surface area contributed by atoms with Gasteiger partial charge >= 0.3 is 0 Å². The van der Waals surface area contributed by atoms with Crippen molar-refractivity contribution in [2.24, 2.45) is 0 Å². The minimum absolute atomic E-state index is 0.0670. The van der Waals surface area contributed by atoms with E-state index in [0.29, 0.717) is 11.1 Å². The summed E-state index contributed by atoms with van der Waals surface area (Å²) in [6, 6.07) is 2.90. The monoisotopic (exact) mass is 228 g/mol. The summed E-state index contributed by atoms with van der Waals surface area (Å²) in [5, 5.41) is 0. The minimum atomic E-state index is -4.14. The Bertz CT molecular complexity index is 586. The highest BCUT2D eigenvalue weighted by Crippen LogP contribution is 2.26. The maximum atomic E-state index is 10.9. The standard InChI is InChI=1S/C8H6NO3S2/c1-5-7(14(10,11)12)3-2-6-8(5)13-4-9-6/h2-3H,1H3,(H,10,11,12). The van der Waals surface area contributed by atoms with Crippen molar-refractivity contribution in [2.45, 2.75) is 11.8 Å². The second-order valence-corrected chi connectivity index (χ2v) is 5.00. The van der Waals surface area contributed by atoms with E-state index in [1.54, 1.807) is 13.0 Å². The van der Waals surface area contributed by atoms with Crippen molar-refractivity contribution in [3.8, 4) is 0 Å². The van der Waals surface area contributed by atoms with Crippen molar-refractivity contribution in [2.75, 3.05) is 0 Å². The van der Waals surface area contributed by atoms with Gasteiger partial charge in [-0.25, -0.2) is 4.98 Å². The summed E-state index contributed by atoms with van der Waals surface area (Å²) in [5.41, 5.74) is 3.88. The highest BCUT2D eigenvalue weighted by molar-refractivity contribution is 7.86. The third-order valence-electron chi connectivity index (χ3n) is 1.93. The van der Waals surface area contributed by atoms with Gasteiger partial charge in [-0.15, -0.1) is 11.3 Å². The molecule has 0 atom stereocenters. The van der Waals surface area contributed by atoms with E-state index in [2.05, 4.69) is 10.5 Å². The number of thiazole rings is 1. The summed E-state index contributed by atoms with van der Waals surface area (Å²) >= 11 is 1.23. The largest absolute Gasteiger partial charge is 0.294 e. The average molecular weight is 228 g/mol. The van der Waals surface area contributed by atoms with Crippen LogP contribution in [-0.2, 0) is 10.1 Å². The van der Waals surface area contributed by atoms with Crippen LogP contribution >= 0.6 is 11.3 Å². The first-order chi connectivity index (χ1) is 6.50. The number of rotatable bonds is 1. The van der Waals surface area contributed by atoms with Gasteiger partial charge in [0.1, 0.15) is 0 Å². The molecule has 1 heterocycles. The Hall–Kier alpha value is -0.980. The van der Waals surface area contributed by atoms with E-state index in [9.17, 15) is 8.42 Å². The van der Waals surface area contributed by atoms with Crippen molar-refractivity contribution in [1.82, 2.24) is 4.98 Å². The molecule has 6 heteroatoms. The van der Waals surface area contributed by atoms with E-state index in [4.69, 9.17) is 4.55 Å². The summed E-state index contributed by atoms with van der Waals surface area (Å²) in [5.74, 6) is 0. The Kier molecular flexibility index (Phi) is 2.06. The number of aromatic nitrogens is 1. The maximum Gasteiger partial charge on any atom is 0.294 e. The molecule has 1 N–H and O–H groups in total. The number of fused-ring (bicyclic) bond motifs is 1. The van der Waals surface area contributed by atoms with Gasteiger partial charge in [0.2, 0.25) is 0 Å². The molecule has 0 aliphatic carbocycles. The molecule has 1 aromatic heterocycles. The molecule has 0 fully saturated rings. The summed E-state index contributed by atoms with van der Waals surface area (Å²) in [7, 11) is -4.14. The molecule has 4 nitrogen and oxygen atoms in total. The van der Waals surface area contributed by atoms with Crippen LogP contribution in [0, 0.1) is 12.4 Å². The van der Waals surface area contributed by atoms with Crippen LogP contribution in [0.1, 0.15) is 5.56 Å². The van der Waals surface area contributed by atoms with Crippen LogP contribution in [0.5, 0.6) is 0 Å². The van der Waals surface area contributed by atoms with E-state index >= 15 is 0 Å². The van der Waals surface area contributed by atoms with Crippen molar-refractivity contribution >= 4 is 31.7 Å². The molecular formula is C8H6NO3S2. The highest BCUT2D eigenvalue weighted by Gasteiger charge is 2.15. The molecule has 2 rings (SSSR count). The average Bonchev–Trinajstić information content (AvgIpc) is 2.50.